The highest BCUT2D eigenvalue weighted by atomic mass is 32.1. The average Bonchev–Trinajstić information content (AvgIpc) is 3.21. The van der Waals surface area contributed by atoms with E-state index >= 15 is 0 Å². The molecule has 0 spiro atoms. The van der Waals surface area contributed by atoms with Gasteiger partial charge in [-0.05, 0) is 60.0 Å². The van der Waals surface area contributed by atoms with Gasteiger partial charge in [0.2, 0.25) is 5.91 Å². The highest BCUT2D eigenvalue weighted by molar-refractivity contribution is 7.15. The van der Waals surface area contributed by atoms with Gasteiger partial charge in [0.1, 0.15) is 11.6 Å². The van der Waals surface area contributed by atoms with Gasteiger partial charge in [0, 0.05) is 41.9 Å². The number of thiazole rings is 1. The van der Waals surface area contributed by atoms with Gasteiger partial charge in [-0.1, -0.05) is 0 Å². The highest BCUT2D eigenvalue weighted by Gasteiger charge is 2.28. The van der Waals surface area contributed by atoms with E-state index in [1.807, 2.05) is 56.5 Å². The van der Waals surface area contributed by atoms with E-state index in [1.165, 1.54) is 4.88 Å². The van der Waals surface area contributed by atoms with E-state index in [1.54, 1.807) is 17.4 Å². The number of hydrogen-bond donors (Lipinski definition) is 1. The SMILES string of the molecule is Cc1nc(Nc2nc(C)c(C)s2)cc(C2CCCCN2C(=O)/C=C/c2c(C)nn(C)c2C)n1. The summed E-state index contributed by atoms with van der Waals surface area (Å²) in [5.74, 6) is 1.38. The molecule has 9 heteroatoms. The van der Waals surface area contributed by atoms with Gasteiger partial charge in [-0.3, -0.25) is 9.48 Å². The van der Waals surface area contributed by atoms with Crippen LogP contribution in [0, 0.1) is 34.6 Å². The van der Waals surface area contributed by atoms with Crippen molar-refractivity contribution in [1.82, 2.24) is 29.6 Å². The molecule has 3 aromatic heterocycles. The molecule has 4 rings (SSSR count). The molecule has 1 fully saturated rings. The molecule has 33 heavy (non-hydrogen) atoms. The Morgan fingerprint density at radius 3 is 2.58 bits per heavy atom. The Morgan fingerprint density at radius 2 is 1.91 bits per heavy atom. The number of anilines is 2. The van der Waals surface area contributed by atoms with Gasteiger partial charge in [-0.25, -0.2) is 15.0 Å². The molecule has 3 aromatic rings. The van der Waals surface area contributed by atoms with Crippen molar-refractivity contribution in [1.29, 1.82) is 0 Å². The van der Waals surface area contributed by atoms with Crippen LogP contribution in [0.3, 0.4) is 0 Å². The Morgan fingerprint density at radius 1 is 1.12 bits per heavy atom. The standard InChI is InChI=1S/C24H31N7OS/c1-14-17(4)33-24(25-14)28-22-13-20(26-18(5)27-22)21-9-7-8-12-31(21)23(32)11-10-19-15(2)29-30(6)16(19)3/h10-11,13,21H,7-9,12H2,1-6H3,(H,25,26,27,28)/b11-10+. The molecule has 0 radical (unpaired) electrons. The number of nitrogens with one attached hydrogen (secondary N) is 1. The molecule has 1 N–H and O–H groups in total. The van der Waals surface area contributed by atoms with Crippen molar-refractivity contribution in [2.45, 2.75) is 59.9 Å². The minimum absolute atomic E-state index is 0.000648. The fourth-order valence-corrected chi connectivity index (χ4v) is 5.07. The van der Waals surface area contributed by atoms with Gasteiger partial charge in [-0.2, -0.15) is 5.10 Å². The largest absolute Gasteiger partial charge is 0.331 e. The van der Waals surface area contributed by atoms with Gasteiger partial charge in [0.05, 0.1) is 23.1 Å². The Kier molecular flexibility index (Phi) is 6.60. The molecule has 0 bridgehead atoms. The van der Waals surface area contributed by atoms with Gasteiger partial charge in [0.15, 0.2) is 5.13 Å². The van der Waals surface area contributed by atoms with E-state index in [0.29, 0.717) is 11.6 Å². The Balaban J connectivity index is 1.58. The number of amides is 1. The van der Waals surface area contributed by atoms with Crippen LogP contribution < -0.4 is 5.32 Å². The first-order valence-corrected chi connectivity index (χ1v) is 12.1. The molecule has 4 heterocycles. The second kappa shape index (κ2) is 9.43. The zero-order valence-corrected chi connectivity index (χ0v) is 21.0. The molecule has 1 aliphatic rings. The normalized spacial score (nSPS) is 16.5. The second-order valence-electron chi connectivity index (χ2n) is 8.60. The number of likely N-dealkylation sites (tertiary alicyclic amines) is 1. The first-order chi connectivity index (χ1) is 15.7. The summed E-state index contributed by atoms with van der Waals surface area (Å²) in [4.78, 5) is 30.2. The van der Waals surface area contributed by atoms with E-state index in [4.69, 9.17) is 4.98 Å². The van der Waals surface area contributed by atoms with Crippen LogP contribution in [-0.2, 0) is 11.8 Å². The molecule has 1 aliphatic heterocycles. The summed E-state index contributed by atoms with van der Waals surface area (Å²) >= 11 is 1.61. The van der Waals surface area contributed by atoms with Gasteiger partial charge >= 0.3 is 0 Å². The van der Waals surface area contributed by atoms with Crippen molar-refractivity contribution in [3.05, 3.63) is 51.2 Å². The first kappa shape index (κ1) is 23.1. The van der Waals surface area contributed by atoms with Crippen molar-refractivity contribution >= 4 is 34.3 Å². The molecule has 0 saturated carbocycles. The van der Waals surface area contributed by atoms with E-state index in [2.05, 4.69) is 27.3 Å². The van der Waals surface area contributed by atoms with Crippen LogP contribution in [0.15, 0.2) is 12.1 Å². The summed E-state index contributed by atoms with van der Waals surface area (Å²) in [6, 6.07) is 1.88. The first-order valence-electron chi connectivity index (χ1n) is 11.3. The maximum Gasteiger partial charge on any atom is 0.247 e. The number of carbonyl (C=O) groups excluding carboxylic acids is 1. The highest BCUT2D eigenvalue weighted by Crippen LogP contribution is 2.32. The van der Waals surface area contributed by atoms with Crippen molar-refractivity contribution in [2.75, 3.05) is 11.9 Å². The smallest absolute Gasteiger partial charge is 0.247 e. The molecule has 1 amide bonds. The van der Waals surface area contributed by atoms with Crippen LogP contribution >= 0.6 is 11.3 Å². The molecule has 1 saturated heterocycles. The summed E-state index contributed by atoms with van der Waals surface area (Å²) in [5, 5.41) is 8.57. The Labute approximate surface area is 198 Å². The molecule has 174 valence electrons. The monoisotopic (exact) mass is 465 g/mol. The third-order valence-electron chi connectivity index (χ3n) is 6.21. The summed E-state index contributed by atoms with van der Waals surface area (Å²) in [6.07, 6.45) is 6.50. The second-order valence-corrected chi connectivity index (χ2v) is 9.80. The number of aromatic nitrogens is 5. The summed E-state index contributed by atoms with van der Waals surface area (Å²) in [6.45, 7) is 10.6. The third-order valence-corrected chi connectivity index (χ3v) is 7.19. The molecular weight excluding hydrogens is 434 g/mol. The number of piperidine rings is 1. The van der Waals surface area contributed by atoms with Gasteiger partial charge in [-0.15, -0.1) is 11.3 Å². The number of rotatable bonds is 5. The zero-order valence-electron chi connectivity index (χ0n) is 20.1. The molecule has 0 aromatic carbocycles. The Hall–Kier alpha value is -3.07. The number of nitrogens with zero attached hydrogens (tertiary/aromatic N) is 6. The predicted octanol–water partition coefficient (Wildman–Crippen LogP) is 4.72. The summed E-state index contributed by atoms with van der Waals surface area (Å²) < 4.78 is 1.84. The van der Waals surface area contributed by atoms with E-state index in [9.17, 15) is 4.79 Å². The van der Waals surface area contributed by atoms with E-state index < -0.39 is 0 Å². The molecule has 1 unspecified atom stereocenters. The topological polar surface area (TPSA) is 88.8 Å². The lowest BCUT2D eigenvalue weighted by Crippen LogP contribution is -2.38. The lowest BCUT2D eigenvalue weighted by Gasteiger charge is -2.35. The van der Waals surface area contributed by atoms with Crippen LogP contribution in [0.1, 0.15) is 64.3 Å². The molecule has 8 nitrogen and oxygen atoms in total. The van der Waals surface area contributed by atoms with E-state index in [-0.39, 0.29) is 11.9 Å². The van der Waals surface area contributed by atoms with Crippen molar-refractivity contribution < 1.29 is 4.79 Å². The van der Waals surface area contributed by atoms with Crippen LogP contribution in [0.5, 0.6) is 0 Å². The average molecular weight is 466 g/mol. The predicted molar refractivity (Wildman–Crippen MR) is 132 cm³/mol. The zero-order chi connectivity index (χ0) is 23.7. The fraction of sp³-hybridized carbons (Fsp3) is 0.458. The molecular formula is C24H31N7OS. The summed E-state index contributed by atoms with van der Waals surface area (Å²) in [5.41, 5.74) is 4.84. The van der Waals surface area contributed by atoms with Crippen LogP contribution in [0.4, 0.5) is 10.9 Å². The fourth-order valence-electron chi connectivity index (χ4n) is 4.25. The lowest BCUT2D eigenvalue weighted by molar-refractivity contribution is -0.129. The van der Waals surface area contributed by atoms with Crippen LogP contribution in [-0.4, -0.2) is 42.1 Å². The minimum Gasteiger partial charge on any atom is -0.331 e. The number of aryl methyl sites for hydroxylation is 5. The van der Waals surface area contributed by atoms with Crippen LogP contribution in [0.2, 0.25) is 0 Å². The van der Waals surface area contributed by atoms with Crippen molar-refractivity contribution in [3.8, 4) is 0 Å². The third kappa shape index (κ3) is 4.98. The maximum absolute atomic E-state index is 13.2. The van der Waals surface area contributed by atoms with Gasteiger partial charge < -0.3 is 10.2 Å². The minimum atomic E-state index is -0.0750. The summed E-state index contributed by atoms with van der Waals surface area (Å²) in [7, 11) is 1.92. The number of carbonyl (C=O) groups is 1. The lowest BCUT2D eigenvalue weighted by atomic mass is 9.98. The molecule has 1 atom stereocenters. The van der Waals surface area contributed by atoms with Crippen LogP contribution in [0.25, 0.3) is 6.08 Å². The van der Waals surface area contributed by atoms with Crippen molar-refractivity contribution in [3.63, 3.8) is 0 Å². The Bertz CT molecular complexity index is 1190. The van der Waals surface area contributed by atoms with E-state index in [0.717, 1.165) is 59.3 Å². The van der Waals surface area contributed by atoms with Crippen molar-refractivity contribution in [2.24, 2.45) is 7.05 Å². The molecule has 0 aliphatic carbocycles. The quantitative estimate of drug-likeness (QED) is 0.549. The number of hydrogen-bond acceptors (Lipinski definition) is 7. The maximum atomic E-state index is 13.2. The van der Waals surface area contributed by atoms with Gasteiger partial charge in [0.25, 0.3) is 0 Å².